The molecule has 3 N–H and O–H groups in total. The van der Waals surface area contributed by atoms with Gasteiger partial charge < -0.3 is 0 Å². The normalized spacial score (nSPS) is 11.9. The van der Waals surface area contributed by atoms with Crippen LogP contribution in [0.15, 0.2) is 24.3 Å². The molecule has 85 valence electrons. The molecule has 0 aliphatic carbocycles. The summed E-state index contributed by atoms with van der Waals surface area (Å²) in [5.74, 6) is -0.565. The Bertz CT molecular complexity index is 490. The summed E-state index contributed by atoms with van der Waals surface area (Å²) in [5, 5.41) is 0. The van der Waals surface area contributed by atoms with Crippen LogP contribution < -0.4 is 3.51 Å². The summed E-state index contributed by atoms with van der Waals surface area (Å²) in [6, 6.07) is 4.85. The third-order valence-electron chi connectivity index (χ3n) is 1.62. The molecule has 0 spiro atoms. The molecule has 9 heteroatoms. The molecule has 16 heavy (non-hydrogen) atoms. The van der Waals surface area contributed by atoms with Crippen molar-refractivity contribution in [2.45, 2.75) is 5.75 Å². The van der Waals surface area contributed by atoms with Gasteiger partial charge in [0.2, 0.25) is 0 Å². The van der Waals surface area contributed by atoms with Gasteiger partial charge >= 0.3 is 91.6 Å². The molecule has 6 nitrogen and oxygen atoms in total. The smallest absolute Gasteiger partial charge is 0 e. The van der Waals surface area contributed by atoms with E-state index in [0.717, 1.165) is 0 Å². The minimum atomic E-state index is -5.18. The molecule has 1 rings (SSSR count). The van der Waals surface area contributed by atoms with Crippen molar-refractivity contribution >= 4 is 62.8 Å². The van der Waals surface area contributed by atoms with Crippen LogP contribution in [0.25, 0.3) is 0 Å². The third kappa shape index (κ3) is 5.84. The van der Waals surface area contributed by atoms with Gasteiger partial charge in [-0.05, 0) is 0 Å². The van der Waals surface area contributed by atoms with Crippen LogP contribution in [0.4, 0.5) is 0 Å². The standard InChI is InChI=1S/C7H7O3S.Na.2H2O.O.Sb/c8-11(9,10)6-7-4-2-1-3-5-7;;;;;/h2-5H,6H2,(H,8,9,10);;2*1H2;;/q;;;;;+2/p-2. The van der Waals surface area contributed by atoms with Gasteiger partial charge in [0, 0.05) is 29.6 Å². The molecule has 0 heterocycles. The summed E-state index contributed by atoms with van der Waals surface area (Å²) in [6.45, 7) is 0. The third-order valence-corrected chi connectivity index (χ3v) is 5.09. The summed E-state index contributed by atoms with van der Waals surface area (Å²) < 4.78 is 57.9. The van der Waals surface area contributed by atoms with Gasteiger partial charge in [-0.2, -0.15) is 0 Å². The van der Waals surface area contributed by atoms with Crippen LogP contribution in [0.5, 0.6) is 0 Å². The SMILES string of the molecule is O=S(=O)(O)Cc1cc[c]([Sb](=[O])([OH])[OH])cc1.[Na]. The quantitative estimate of drug-likeness (QED) is 0.433. The topological polar surface area (TPSA) is 112 Å². The summed E-state index contributed by atoms with van der Waals surface area (Å²) >= 11 is -5.18. The zero-order valence-corrected chi connectivity index (χ0v) is 13.8. The van der Waals surface area contributed by atoms with Gasteiger partial charge in [0.05, 0.1) is 0 Å². The Hall–Kier alpha value is 0.668. The average Bonchev–Trinajstić information content (AvgIpc) is 2.00. The van der Waals surface area contributed by atoms with E-state index in [1.54, 1.807) is 0 Å². The van der Waals surface area contributed by atoms with Crippen LogP contribution in [0.1, 0.15) is 5.56 Å². The molecule has 0 aromatic heterocycles. The fourth-order valence-electron chi connectivity index (χ4n) is 0.997. The van der Waals surface area contributed by atoms with Crippen LogP contribution >= 0.6 is 0 Å². The summed E-state index contributed by atoms with van der Waals surface area (Å²) in [6.07, 6.45) is 0. The second-order valence-electron chi connectivity index (χ2n) is 2.94. The van der Waals surface area contributed by atoms with E-state index >= 15 is 0 Å². The number of hydrogen-bond donors (Lipinski definition) is 3. The first kappa shape index (κ1) is 16.7. The van der Waals surface area contributed by atoms with E-state index in [0.29, 0.717) is 0 Å². The van der Waals surface area contributed by atoms with E-state index in [4.69, 9.17) is 11.3 Å². The molecule has 0 bridgehead atoms. The summed E-state index contributed by atoms with van der Waals surface area (Å²) in [7, 11) is -4.11. The van der Waals surface area contributed by atoms with Crippen LogP contribution in [0.3, 0.4) is 0 Å². The maximum atomic E-state index is 10.8. The largest absolute Gasteiger partial charge is 0 e. The maximum Gasteiger partial charge on any atom is 0 e. The Morgan fingerprint density at radius 3 is 1.88 bits per heavy atom. The van der Waals surface area contributed by atoms with Gasteiger partial charge in [-0.1, -0.05) is 0 Å². The Labute approximate surface area is 120 Å². The van der Waals surface area contributed by atoms with Gasteiger partial charge in [0.1, 0.15) is 0 Å². The predicted octanol–water partition coefficient (Wildman–Crippen LogP) is -1.75. The van der Waals surface area contributed by atoms with Crippen molar-refractivity contribution in [2.75, 3.05) is 0 Å². The van der Waals surface area contributed by atoms with E-state index in [1.807, 2.05) is 0 Å². The van der Waals surface area contributed by atoms with Crippen LogP contribution in [0.2, 0.25) is 0 Å². The van der Waals surface area contributed by atoms with E-state index < -0.39 is 35.5 Å². The van der Waals surface area contributed by atoms with Crippen molar-refractivity contribution in [3.63, 3.8) is 0 Å². The van der Waals surface area contributed by atoms with Crippen molar-refractivity contribution in [3.05, 3.63) is 29.8 Å². The molecule has 0 saturated heterocycles. The van der Waals surface area contributed by atoms with Crippen molar-refractivity contribution in [2.24, 2.45) is 0 Å². The Kier molecular flexibility index (Phi) is 6.27. The second kappa shape index (κ2) is 6.02. The average molecular weight is 366 g/mol. The summed E-state index contributed by atoms with van der Waals surface area (Å²) in [4.78, 5) is 0. The van der Waals surface area contributed by atoms with Crippen molar-refractivity contribution in [1.29, 1.82) is 0 Å². The molecule has 1 aromatic carbocycles. The predicted molar refractivity (Wildman–Crippen MR) is 58.0 cm³/mol. The molecule has 0 atom stereocenters. The fourth-order valence-corrected chi connectivity index (χ4v) is 3.14. The first-order valence-electron chi connectivity index (χ1n) is 3.79. The van der Waals surface area contributed by atoms with E-state index in [1.165, 1.54) is 24.3 Å². The molecular weight excluding hydrogens is 357 g/mol. The molecule has 0 aliphatic heterocycles. The molecule has 0 aliphatic rings. The van der Waals surface area contributed by atoms with Crippen LogP contribution in [0, 0.1) is 0 Å². The first-order valence-corrected chi connectivity index (χ1v) is 10.00. The molecule has 0 amide bonds. The van der Waals surface area contributed by atoms with E-state index in [2.05, 4.69) is 0 Å². The molecule has 0 saturated carbocycles. The van der Waals surface area contributed by atoms with Crippen molar-refractivity contribution in [3.8, 4) is 0 Å². The van der Waals surface area contributed by atoms with Gasteiger partial charge in [-0.25, -0.2) is 0 Å². The summed E-state index contributed by atoms with van der Waals surface area (Å²) in [5.41, 5.74) is 0.273. The van der Waals surface area contributed by atoms with Crippen molar-refractivity contribution < 1.29 is 22.8 Å². The zero-order valence-electron chi connectivity index (χ0n) is 8.44. The Morgan fingerprint density at radius 1 is 1.12 bits per heavy atom. The molecule has 0 unspecified atom stereocenters. The Morgan fingerprint density at radius 2 is 1.56 bits per heavy atom. The molecular formula is C7H9NaO6SSb. The zero-order chi connectivity index (χ0) is 11.7. The van der Waals surface area contributed by atoms with Crippen LogP contribution in [-0.4, -0.2) is 68.9 Å². The van der Waals surface area contributed by atoms with E-state index in [-0.39, 0.29) is 38.6 Å². The second-order valence-corrected chi connectivity index (χ2v) is 8.97. The van der Waals surface area contributed by atoms with Gasteiger partial charge in [0.25, 0.3) is 0 Å². The number of benzene rings is 1. The van der Waals surface area contributed by atoms with Crippen molar-refractivity contribution in [1.82, 2.24) is 0 Å². The van der Waals surface area contributed by atoms with Crippen LogP contribution in [-0.2, 0) is 18.9 Å². The Balaban J connectivity index is 0.00000225. The maximum absolute atomic E-state index is 10.8. The molecule has 1 radical (unpaired) electrons. The first-order chi connectivity index (χ1) is 6.68. The minimum Gasteiger partial charge on any atom is 0 e. The van der Waals surface area contributed by atoms with E-state index in [9.17, 15) is 11.4 Å². The number of rotatable bonds is 3. The van der Waals surface area contributed by atoms with Gasteiger partial charge in [0.15, 0.2) is 0 Å². The van der Waals surface area contributed by atoms with Gasteiger partial charge in [-0.15, -0.1) is 0 Å². The molecule has 0 fully saturated rings. The fraction of sp³-hybridized carbons (Fsp3) is 0.143. The monoisotopic (exact) mass is 365 g/mol. The van der Waals surface area contributed by atoms with Gasteiger partial charge in [-0.3, -0.25) is 0 Å². The molecule has 1 aromatic rings. The minimum absolute atomic E-state index is 0. The number of hydrogen-bond acceptors (Lipinski definition) is 3.